The summed E-state index contributed by atoms with van der Waals surface area (Å²) in [4.78, 5) is 5.48. The van der Waals surface area contributed by atoms with Crippen molar-refractivity contribution >= 4 is 55.1 Å². The lowest BCUT2D eigenvalue weighted by molar-refractivity contribution is 0.609. The Kier molecular flexibility index (Phi) is 6.51. The molecule has 0 saturated heterocycles. The Bertz CT molecular complexity index is 3640. The van der Waals surface area contributed by atoms with Crippen molar-refractivity contribution in [2.45, 2.75) is 11.6 Å². The molecule has 1 atom stereocenters. The van der Waals surface area contributed by atoms with Crippen molar-refractivity contribution in [2.24, 2.45) is 4.99 Å². The Morgan fingerprint density at radius 2 is 1.15 bits per heavy atom. The maximum absolute atomic E-state index is 6.53. The monoisotopic (exact) mass is 777 g/mol. The van der Waals surface area contributed by atoms with Gasteiger partial charge in [0.15, 0.2) is 0 Å². The second-order valence-electron chi connectivity index (χ2n) is 16.6. The van der Waals surface area contributed by atoms with E-state index in [1.54, 1.807) is 0 Å². The number of aliphatic imine (C=N–C) groups is 1. The fourth-order valence-corrected chi connectivity index (χ4v) is 11.2. The summed E-state index contributed by atoms with van der Waals surface area (Å²) in [6, 6.07) is 73.2. The lowest BCUT2D eigenvalue weighted by atomic mass is 9.70. The van der Waals surface area contributed by atoms with Crippen LogP contribution in [0, 0.1) is 0 Å². The van der Waals surface area contributed by atoms with Crippen molar-refractivity contribution in [2.75, 3.05) is 5.32 Å². The van der Waals surface area contributed by atoms with Gasteiger partial charge in [-0.3, -0.25) is 4.99 Å². The van der Waals surface area contributed by atoms with Crippen LogP contribution in [0.3, 0.4) is 0 Å². The van der Waals surface area contributed by atoms with Crippen LogP contribution >= 0.6 is 0 Å². The number of nitrogens with zero attached hydrogens (tertiary/aromatic N) is 2. The first-order chi connectivity index (χ1) is 30.3. The summed E-state index contributed by atoms with van der Waals surface area (Å²) >= 11 is 0. The summed E-state index contributed by atoms with van der Waals surface area (Å²) in [6.07, 6.45) is -0.368. The van der Waals surface area contributed by atoms with Crippen LogP contribution in [0.15, 0.2) is 210 Å². The van der Waals surface area contributed by atoms with E-state index in [1.165, 1.54) is 71.6 Å². The minimum absolute atomic E-state index is 0.368. The first-order valence-corrected chi connectivity index (χ1v) is 21.1. The number of hydrogen-bond donors (Lipinski definition) is 1. The molecule has 4 heteroatoms. The minimum Gasteiger partial charge on any atom is -0.440 e. The highest BCUT2D eigenvalue weighted by Crippen LogP contribution is 2.64. The number of nitrogens with one attached hydrogen (secondary N) is 1. The summed E-state index contributed by atoms with van der Waals surface area (Å²) in [6.45, 7) is 0. The zero-order chi connectivity index (χ0) is 39.8. The Balaban J connectivity index is 1.06. The van der Waals surface area contributed by atoms with E-state index in [4.69, 9.17) is 9.41 Å². The second kappa shape index (κ2) is 12.1. The summed E-state index contributed by atoms with van der Waals surface area (Å²) in [7, 11) is 0. The predicted molar refractivity (Wildman–Crippen MR) is 249 cm³/mol. The second-order valence-corrected chi connectivity index (χ2v) is 16.6. The fourth-order valence-electron chi connectivity index (χ4n) is 11.2. The van der Waals surface area contributed by atoms with E-state index in [0.29, 0.717) is 0 Å². The normalized spacial score (nSPS) is 15.4. The first-order valence-electron chi connectivity index (χ1n) is 21.1. The van der Waals surface area contributed by atoms with E-state index in [9.17, 15) is 0 Å². The minimum atomic E-state index is -0.474. The molecule has 0 radical (unpaired) electrons. The van der Waals surface area contributed by atoms with Gasteiger partial charge in [-0.25, -0.2) is 0 Å². The molecule has 4 nitrogen and oxygen atoms in total. The topological polar surface area (TPSA) is 42.5 Å². The fraction of sp³-hybridized carbons (Fsp3) is 0.0351. The third kappa shape index (κ3) is 4.30. The number of aromatic nitrogens is 1. The number of hydrogen-bond acceptors (Lipinski definition) is 3. The van der Waals surface area contributed by atoms with E-state index in [1.807, 2.05) is 12.1 Å². The largest absolute Gasteiger partial charge is 0.440 e. The SMILES string of the molecule is c1ccc(C2=NC(c3ccc4c5cc6c(cc5n(-c5ccccc5)c4c3)C3(c4ccccc4-c4ccccc43)c3ccc4ccccc4c3-6)Nc3oc4ccccc4c32)cc1. The molecule has 1 unspecified atom stereocenters. The van der Waals surface area contributed by atoms with Crippen LogP contribution in [0.25, 0.3) is 71.5 Å². The summed E-state index contributed by atoms with van der Waals surface area (Å²) in [5.74, 6) is 0.744. The molecule has 11 aromatic rings. The van der Waals surface area contributed by atoms with Crippen molar-refractivity contribution in [3.05, 3.63) is 239 Å². The molecule has 9 aromatic carbocycles. The van der Waals surface area contributed by atoms with Gasteiger partial charge in [0, 0.05) is 27.4 Å². The first kappa shape index (κ1) is 32.9. The van der Waals surface area contributed by atoms with Gasteiger partial charge in [-0.2, -0.15) is 0 Å². The smallest absolute Gasteiger partial charge is 0.205 e. The molecule has 1 spiro atoms. The highest BCUT2D eigenvalue weighted by Gasteiger charge is 2.52. The van der Waals surface area contributed by atoms with Gasteiger partial charge in [0.1, 0.15) is 11.7 Å². The van der Waals surface area contributed by atoms with E-state index < -0.39 is 5.41 Å². The molecule has 3 aliphatic rings. The van der Waals surface area contributed by atoms with Crippen molar-refractivity contribution < 1.29 is 4.42 Å². The van der Waals surface area contributed by atoms with Gasteiger partial charge in [-0.1, -0.05) is 164 Å². The van der Waals surface area contributed by atoms with Crippen molar-refractivity contribution in [1.82, 2.24) is 4.57 Å². The molecule has 0 fully saturated rings. The van der Waals surface area contributed by atoms with Crippen LogP contribution in [0.1, 0.15) is 45.1 Å². The predicted octanol–water partition coefficient (Wildman–Crippen LogP) is 14.0. The average molecular weight is 778 g/mol. The molecule has 2 aromatic heterocycles. The van der Waals surface area contributed by atoms with Gasteiger partial charge >= 0.3 is 0 Å². The molecule has 1 N–H and O–H groups in total. The average Bonchev–Trinajstić information content (AvgIpc) is 4.04. The highest BCUT2D eigenvalue weighted by molar-refractivity contribution is 6.23. The number of benzene rings is 9. The molecule has 61 heavy (non-hydrogen) atoms. The van der Waals surface area contributed by atoms with Crippen molar-refractivity contribution in [3.63, 3.8) is 0 Å². The Morgan fingerprint density at radius 3 is 1.95 bits per heavy atom. The maximum Gasteiger partial charge on any atom is 0.205 e. The van der Waals surface area contributed by atoms with Gasteiger partial charge in [0.2, 0.25) is 5.88 Å². The Morgan fingerprint density at radius 1 is 0.475 bits per heavy atom. The quantitative estimate of drug-likeness (QED) is 0.194. The zero-order valence-electron chi connectivity index (χ0n) is 32.9. The molecular formula is C57H35N3O. The van der Waals surface area contributed by atoms with E-state index >= 15 is 0 Å². The molecule has 1 aliphatic heterocycles. The number of para-hydroxylation sites is 2. The number of rotatable bonds is 3. The third-order valence-electron chi connectivity index (χ3n) is 13.6. The lowest BCUT2D eigenvalue weighted by Gasteiger charge is -2.30. The van der Waals surface area contributed by atoms with Gasteiger partial charge in [0.05, 0.1) is 27.7 Å². The van der Waals surface area contributed by atoms with Crippen molar-refractivity contribution in [1.29, 1.82) is 0 Å². The van der Waals surface area contributed by atoms with Crippen LogP contribution in [0.2, 0.25) is 0 Å². The van der Waals surface area contributed by atoms with Crippen LogP contribution in [-0.4, -0.2) is 10.3 Å². The van der Waals surface area contributed by atoms with E-state index in [-0.39, 0.29) is 6.17 Å². The zero-order valence-corrected chi connectivity index (χ0v) is 32.9. The number of anilines is 1. The summed E-state index contributed by atoms with van der Waals surface area (Å²) in [5, 5.41) is 9.73. The molecule has 2 aliphatic carbocycles. The molecule has 0 bridgehead atoms. The van der Waals surface area contributed by atoms with Crippen LogP contribution in [0.4, 0.5) is 5.88 Å². The van der Waals surface area contributed by atoms with Crippen LogP contribution in [-0.2, 0) is 5.41 Å². The van der Waals surface area contributed by atoms with Crippen molar-refractivity contribution in [3.8, 4) is 27.9 Å². The van der Waals surface area contributed by atoms with Gasteiger partial charge in [0.25, 0.3) is 0 Å². The number of fused-ring (bicyclic) bond motifs is 18. The van der Waals surface area contributed by atoms with Crippen LogP contribution in [0.5, 0.6) is 0 Å². The van der Waals surface area contributed by atoms with E-state index in [0.717, 1.165) is 50.5 Å². The van der Waals surface area contributed by atoms with E-state index in [2.05, 4.69) is 198 Å². The molecule has 0 amide bonds. The van der Waals surface area contributed by atoms with Gasteiger partial charge < -0.3 is 14.3 Å². The maximum atomic E-state index is 6.53. The molecule has 14 rings (SSSR count). The standard InChI is InChI=1S/C57H35N3O/c1-3-16-35(17-4-1)54-53-42-23-11-14-26-51(42)61-56(53)59-55(58-54)36-27-29-41-43-32-44-48(33-50(43)60(49(41)31-36)37-18-5-2-6-19-37)57(47-30-28-34-15-7-8-20-38(34)52(44)47)45-24-12-9-21-39(45)40-22-10-13-25-46(40)57/h1-33,55,59H. The van der Waals surface area contributed by atoms with Crippen LogP contribution < -0.4 is 5.32 Å². The Hall–Kier alpha value is -7.95. The number of furan rings is 1. The summed E-state index contributed by atoms with van der Waals surface area (Å²) in [5.41, 5.74) is 18.5. The molecule has 0 saturated carbocycles. The molecular weight excluding hydrogens is 743 g/mol. The molecule has 284 valence electrons. The summed E-state index contributed by atoms with van der Waals surface area (Å²) < 4.78 is 8.99. The third-order valence-corrected chi connectivity index (χ3v) is 13.6. The van der Waals surface area contributed by atoms with Gasteiger partial charge in [-0.05, 0) is 97.2 Å². The Labute approximate surface area is 351 Å². The lowest BCUT2D eigenvalue weighted by Crippen LogP contribution is -2.25. The molecule has 3 heterocycles. The van der Waals surface area contributed by atoms with Gasteiger partial charge in [-0.15, -0.1) is 0 Å². The highest BCUT2D eigenvalue weighted by atomic mass is 16.4.